The van der Waals surface area contributed by atoms with E-state index in [0.29, 0.717) is 19.5 Å². The number of allylic oxidation sites excluding steroid dienone is 2. The van der Waals surface area contributed by atoms with Crippen molar-refractivity contribution in [1.29, 1.82) is 0 Å². The molecule has 1 N–H and O–H groups in total. The van der Waals surface area contributed by atoms with Gasteiger partial charge in [0, 0.05) is 23.8 Å². The molecule has 2 aliphatic heterocycles. The zero-order valence-electron chi connectivity index (χ0n) is 8.41. The molecule has 0 aromatic heterocycles. The third-order valence-electron chi connectivity index (χ3n) is 2.50. The van der Waals surface area contributed by atoms with Gasteiger partial charge in [0.2, 0.25) is 0 Å². The number of alkyl halides is 2. The molecule has 6 heteroatoms. The topological polar surface area (TPSA) is 35.8 Å². The minimum atomic E-state index is -2.54. The highest BCUT2D eigenvalue weighted by atomic mass is 79.9. The lowest BCUT2D eigenvalue weighted by molar-refractivity contribution is 0.0455. The Morgan fingerprint density at radius 3 is 2.75 bits per heavy atom. The Bertz CT molecular complexity index is 373. The third-order valence-corrected chi connectivity index (χ3v) is 3.03. The monoisotopic (exact) mass is 292 g/mol. The van der Waals surface area contributed by atoms with Gasteiger partial charge in [-0.25, -0.2) is 13.8 Å². The summed E-state index contributed by atoms with van der Waals surface area (Å²) in [5, 5.41) is 9.17. The van der Waals surface area contributed by atoms with E-state index in [9.17, 15) is 8.78 Å². The molecule has 0 aliphatic carbocycles. The maximum atomic E-state index is 12.8. The highest BCUT2D eigenvalue weighted by molar-refractivity contribution is 9.11. The molecule has 0 radical (unpaired) electrons. The Kier molecular flexibility index (Phi) is 3.39. The van der Waals surface area contributed by atoms with Crippen LogP contribution >= 0.6 is 15.9 Å². The van der Waals surface area contributed by atoms with E-state index >= 15 is 0 Å². The Morgan fingerprint density at radius 1 is 1.50 bits per heavy atom. The number of nitrogens with zero attached hydrogens (tertiary/aromatic N) is 2. The van der Waals surface area contributed by atoms with Gasteiger partial charge in [-0.1, -0.05) is 22.0 Å². The number of likely N-dealkylation sites (tertiary alicyclic amines) is 1. The minimum Gasteiger partial charge on any atom is -0.389 e. The van der Waals surface area contributed by atoms with Gasteiger partial charge in [0.15, 0.2) is 0 Å². The van der Waals surface area contributed by atoms with Crippen molar-refractivity contribution in [2.75, 3.05) is 13.1 Å². The van der Waals surface area contributed by atoms with Crippen LogP contribution in [0.1, 0.15) is 6.42 Å². The summed E-state index contributed by atoms with van der Waals surface area (Å²) in [5.41, 5.74) is -0.0578. The van der Waals surface area contributed by atoms with Gasteiger partial charge < -0.3 is 10.0 Å². The van der Waals surface area contributed by atoms with E-state index in [0.717, 1.165) is 4.48 Å². The van der Waals surface area contributed by atoms with Crippen molar-refractivity contribution in [2.24, 2.45) is 4.99 Å². The number of amidine groups is 1. The van der Waals surface area contributed by atoms with Crippen molar-refractivity contribution in [3.63, 3.8) is 0 Å². The van der Waals surface area contributed by atoms with E-state index in [1.54, 1.807) is 4.90 Å². The summed E-state index contributed by atoms with van der Waals surface area (Å²) in [6.07, 6.45) is 0.456. The molecule has 0 unspecified atom stereocenters. The smallest absolute Gasteiger partial charge is 0.267 e. The highest BCUT2D eigenvalue weighted by Gasteiger charge is 2.32. The van der Waals surface area contributed by atoms with Crippen LogP contribution in [0.15, 0.2) is 27.3 Å². The summed E-state index contributed by atoms with van der Waals surface area (Å²) in [6, 6.07) is 0. The fraction of sp³-hybridized carbons (Fsp3) is 0.500. The molecular weight excluding hydrogens is 282 g/mol. The molecule has 1 fully saturated rings. The van der Waals surface area contributed by atoms with E-state index in [1.165, 1.54) is 12.3 Å². The number of aliphatic imine (C=N–C) groups is 1. The molecule has 2 aliphatic rings. The summed E-state index contributed by atoms with van der Waals surface area (Å²) in [5.74, 6) is 0.273. The second kappa shape index (κ2) is 4.63. The lowest BCUT2D eigenvalue weighted by atomic mass is 10.1. The summed E-state index contributed by atoms with van der Waals surface area (Å²) in [6.45, 7) is 0.739. The Hall–Kier alpha value is -0.750. The van der Waals surface area contributed by atoms with E-state index in [1.807, 2.05) is 0 Å². The summed E-state index contributed by atoms with van der Waals surface area (Å²) < 4.78 is 26.4. The van der Waals surface area contributed by atoms with Crippen LogP contribution in [-0.2, 0) is 0 Å². The van der Waals surface area contributed by atoms with Crippen LogP contribution in [0, 0.1) is 0 Å². The van der Waals surface area contributed by atoms with Crippen molar-refractivity contribution < 1.29 is 13.9 Å². The molecule has 0 spiro atoms. The lowest BCUT2D eigenvalue weighted by Crippen LogP contribution is -2.54. The van der Waals surface area contributed by atoms with E-state index in [2.05, 4.69) is 20.9 Å². The van der Waals surface area contributed by atoms with E-state index < -0.39 is 12.5 Å². The van der Waals surface area contributed by atoms with Gasteiger partial charge in [-0.15, -0.1) is 0 Å². The van der Waals surface area contributed by atoms with Crippen LogP contribution in [0.3, 0.4) is 0 Å². The number of hydrogen-bond acceptors (Lipinski definition) is 3. The molecule has 0 amide bonds. The molecule has 0 aromatic rings. The number of aliphatic hydroxyl groups excluding tert-OH is 1. The quantitative estimate of drug-likeness (QED) is 0.801. The fourth-order valence-electron chi connectivity index (χ4n) is 1.64. The number of hydrogen-bond donors (Lipinski definition) is 1. The first-order valence-corrected chi connectivity index (χ1v) is 5.71. The first-order chi connectivity index (χ1) is 7.58. The van der Waals surface area contributed by atoms with Crippen LogP contribution in [0.2, 0.25) is 0 Å². The second-order valence-electron chi connectivity index (χ2n) is 3.75. The zero-order chi connectivity index (χ0) is 11.7. The van der Waals surface area contributed by atoms with E-state index in [-0.39, 0.29) is 11.4 Å². The largest absolute Gasteiger partial charge is 0.389 e. The zero-order valence-corrected chi connectivity index (χ0v) is 9.99. The first kappa shape index (κ1) is 11.7. The normalized spacial score (nSPS) is 22.3. The predicted octanol–water partition coefficient (Wildman–Crippen LogP) is 1.89. The molecule has 0 atom stereocenters. The predicted molar refractivity (Wildman–Crippen MR) is 60.7 cm³/mol. The van der Waals surface area contributed by atoms with Crippen molar-refractivity contribution in [1.82, 2.24) is 4.90 Å². The van der Waals surface area contributed by atoms with Gasteiger partial charge in [0.1, 0.15) is 5.84 Å². The molecule has 0 aromatic carbocycles. The molecule has 0 saturated carbocycles. The SMILES string of the molecule is OC1CN(C2=NC=C(Br)CC=C2C(F)F)C1. The van der Waals surface area contributed by atoms with Crippen molar-refractivity contribution in [2.45, 2.75) is 19.0 Å². The third kappa shape index (κ3) is 2.32. The fourth-order valence-corrected chi connectivity index (χ4v) is 1.90. The standard InChI is InChI=1S/C10H11BrF2N2O/c11-6-1-2-8(9(12)13)10(14-3-6)15-4-7(16)5-15/h2-3,7,9,16H,1,4-5H2. The van der Waals surface area contributed by atoms with Gasteiger partial charge in [0.05, 0.1) is 11.7 Å². The maximum absolute atomic E-state index is 12.8. The molecule has 0 bridgehead atoms. The van der Waals surface area contributed by atoms with Gasteiger partial charge in [-0.05, 0) is 6.42 Å². The van der Waals surface area contributed by atoms with Crippen LogP contribution in [0.4, 0.5) is 8.78 Å². The molecule has 3 nitrogen and oxygen atoms in total. The maximum Gasteiger partial charge on any atom is 0.267 e. The highest BCUT2D eigenvalue weighted by Crippen LogP contribution is 2.24. The number of aliphatic hydroxyl groups is 1. The Morgan fingerprint density at radius 2 is 2.19 bits per heavy atom. The summed E-state index contributed by atoms with van der Waals surface area (Å²) in [4.78, 5) is 5.70. The average molecular weight is 293 g/mol. The van der Waals surface area contributed by atoms with E-state index in [4.69, 9.17) is 5.11 Å². The molecule has 1 saturated heterocycles. The van der Waals surface area contributed by atoms with Crippen LogP contribution in [0.5, 0.6) is 0 Å². The number of β-amino-alcohol motifs (C(OH)–C–C–N with tert-alkyl or cyclic N) is 1. The molecule has 88 valence electrons. The van der Waals surface area contributed by atoms with Crippen molar-refractivity contribution >= 4 is 21.8 Å². The average Bonchev–Trinajstić information content (AvgIpc) is 2.35. The Labute approximate surface area is 100 Å². The summed E-state index contributed by atoms with van der Waals surface area (Å²) in [7, 11) is 0. The lowest BCUT2D eigenvalue weighted by Gasteiger charge is -2.38. The van der Waals surface area contributed by atoms with Gasteiger partial charge in [-0.3, -0.25) is 0 Å². The van der Waals surface area contributed by atoms with Crippen LogP contribution in [0.25, 0.3) is 0 Å². The van der Waals surface area contributed by atoms with Gasteiger partial charge >= 0.3 is 0 Å². The van der Waals surface area contributed by atoms with Crippen LogP contribution < -0.4 is 0 Å². The van der Waals surface area contributed by atoms with Gasteiger partial charge in [-0.2, -0.15) is 0 Å². The van der Waals surface area contributed by atoms with Crippen LogP contribution in [-0.4, -0.2) is 41.5 Å². The van der Waals surface area contributed by atoms with Gasteiger partial charge in [0.25, 0.3) is 6.43 Å². The number of rotatable bonds is 1. The van der Waals surface area contributed by atoms with Crippen molar-refractivity contribution in [3.8, 4) is 0 Å². The first-order valence-electron chi connectivity index (χ1n) is 4.92. The second-order valence-corrected chi connectivity index (χ2v) is 4.77. The Balaban J connectivity index is 2.23. The molecule has 2 rings (SSSR count). The van der Waals surface area contributed by atoms with Crippen molar-refractivity contribution in [3.05, 3.63) is 22.3 Å². The summed E-state index contributed by atoms with van der Waals surface area (Å²) >= 11 is 3.24. The minimum absolute atomic E-state index is 0.0578. The molecule has 2 heterocycles. The number of halogens is 3. The molecular formula is C10H11BrF2N2O. The molecule has 16 heavy (non-hydrogen) atoms.